The highest BCUT2D eigenvalue weighted by Crippen LogP contribution is 2.29. The average molecular weight is 284 g/mol. The zero-order valence-corrected chi connectivity index (χ0v) is 11.1. The number of hydrogen-bond acceptors (Lipinski definition) is 3. The lowest BCUT2D eigenvalue weighted by atomic mass is 10.2. The second-order valence-corrected chi connectivity index (χ2v) is 5.43. The SMILES string of the molecule is O=C(CNCCSC(F)(F)F)N1CCCCCC1. The molecule has 0 saturated carbocycles. The van der Waals surface area contributed by atoms with E-state index in [9.17, 15) is 18.0 Å². The normalized spacial score (nSPS) is 17.6. The van der Waals surface area contributed by atoms with Gasteiger partial charge in [-0.2, -0.15) is 13.2 Å². The lowest BCUT2D eigenvalue weighted by Crippen LogP contribution is -2.39. The second kappa shape index (κ2) is 7.89. The minimum absolute atomic E-state index is 0.00564. The Morgan fingerprint density at radius 3 is 2.33 bits per heavy atom. The molecule has 1 amide bonds. The third-order valence-electron chi connectivity index (χ3n) is 2.78. The van der Waals surface area contributed by atoms with Crippen LogP contribution in [0.25, 0.3) is 0 Å². The molecule has 0 aromatic heterocycles. The summed E-state index contributed by atoms with van der Waals surface area (Å²) in [6.07, 6.45) is 4.35. The van der Waals surface area contributed by atoms with Gasteiger partial charge in [-0.05, 0) is 24.6 Å². The van der Waals surface area contributed by atoms with Crippen molar-refractivity contribution in [3.63, 3.8) is 0 Å². The Labute approximate surface area is 109 Å². The van der Waals surface area contributed by atoms with E-state index in [1.165, 1.54) is 0 Å². The van der Waals surface area contributed by atoms with Gasteiger partial charge in [-0.1, -0.05) is 12.8 Å². The van der Waals surface area contributed by atoms with E-state index in [1.807, 2.05) is 0 Å². The monoisotopic (exact) mass is 284 g/mol. The maximum Gasteiger partial charge on any atom is 0.441 e. The summed E-state index contributed by atoms with van der Waals surface area (Å²) in [6, 6.07) is 0. The van der Waals surface area contributed by atoms with E-state index in [1.54, 1.807) is 4.90 Å². The molecule has 7 heteroatoms. The van der Waals surface area contributed by atoms with Crippen molar-refractivity contribution >= 4 is 17.7 Å². The van der Waals surface area contributed by atoms with Gasteiger partial charge in [0.25, 0.3) is 0 Å². The summed E-state index contributed by atoms with van der Waals surface area (Å²) in [6.45, 7) is 1.89. The van der Waals surface area contributed by atoms with Crippen molar-refractivity contribution in [2.75, 3.05) is 31.9 Å². The van der Waals surface area contributed by atoms with E-state index < -0.39 is 5.51 Å². The first-order valence-corrected chi connectivity index (χ1v) is 7.17. The van der Waals surface area contributed by atoms with Crippen LogP contribution in [0.4, 0.5) is 13.2 Å². The molecule has 1 fully saturated rings. The first kappa shape index (κ1) is 15.6. The maximum atomic E-state index is 11.8. The maximum absolute atomic E-state index is 11.8. The summed E-state index contributed by atoms with van der Waals surface area (Å²) in [7, 11) is 0. The summed E-state index contributed by atoms with van der Waals surface area (Å²) >= 11 is -0.0633. The van der Waals surface area contributed by atoms with Crippen LogP contribution in [-0.2, 0) is 4.79 Å². The highest BCUT2D eigenvalue weighted by molar-refractivity contribution is 8.00. The van der Waals surface area contributed by atoms with Crippen LogP contribution >= 0.6 is 11.8 Å². The summed E-state index contributed by atoms with van der Waals surface area (Å²) < 4.78 is 35.5. The van der Waals surface area contributed by atoms with Crippen molar-refractivity contribution in [1.29, 1.82) is 0 Å². The van der Waals surface area contributed by atoms with Crippen LogP contribution in [0.2, 0.25) is 0 Å². The lowest BCUT2D eigenvalue weighted by molar-refractivity contribution is -0.130. The van der Waals surface area contributed by atoms with Crippen molar-refractivity contribution in [3.05, 3.63) is 0 Å². The van der Waals surface area contributed by atoms with Gasteiger partial charge in [0.2, 0.25) is 5.91 Å². The number of nitrogens with zero attached hydrogens (tertiary/aromatic N) is 1. The molecule has 18 heavy (non-hydrogen) atoms. The molecular weight excluding hydrogens is 265 g/mol. The summed E-state index contributed by atoms with van der Waals surface area (Å²) in [5, 5.41) is 2.76. The van der Waals surface area contributed by atoms with Crippen molar-refractivity contribution in [1.82, 2.24) is 10.2 Å². The Hall–Kier alpha value is -0.430. The Morgan fingerprint density at radius 2 is 1.78 bits per heavy atom. The van der Waals surface area contributed by atoms with Crippen LogP contribution in [0.5, 0.6) is 0 Å². The average Bonchev–Trinajstić information content (AvgIpc) is 2.55. The highest BCUT2D eigenvalue weighted by atomic mass is 32.2. The van der Waals surface area contributed by atoms with Gasteiger partial charge in [-0.3, -0.25) is 4.79 Å². The van der Waals surface area contributed by atoms with E-state index in [0.29, 0.717) is 0 Å². The van der Waals surface area contributed by atoms with Crippen LogP contribution in [0.1, 0.15) is 25.7 Å². The van der Waals surface area contributed by atoms with Crippen molar-refractivity contribution in [3.8, 4) is 0 Å². The Bertz CT molecular complexity index is 253. The number of nitrogens with one attached hydrogen (secondary N) is 1. The Morgan fingerprint density at radius 1 is 1.17 bits per heavy atom. The fourth-order valence-corrected chi connectivity index (χ4v) is 2.34. The number of thioether (sulfide) groups is 1. The van der Waals surface area contributed by atoms with Crippen LogP contribution < -0.4 is 5.32 Å². The molecule has 0 aliphatic carbocycles. The van der Waals surface area contributed by atoms with Crippen molar-refractivity contribution < 1.29 is 18.0 Å². The fourth-order valence-electron chi connectivity index (χ4n) is 1.87. The summed E-state index contributed by atoms with van der Waals surface area (Å²) in [5.41, 5.74) is -4.18. The fraction of sp³-hybridized carbons (Fsp3) is 0.909. The zero-order valence-electron chi connectivity index (χ0n) is 10.3. The van der Waals surface area contributed by atoms with Gasteiger partial charge in [0.15, 0.2) is 0 Å². The van der Waals surface area contributed by atoms with Crippen molar-refractivity contribution in [2.24, 2.45) is 0 Å². The number of hydrogen-bond donors (Lipinski definition) is 1. The number of amides is 1. The molecule has 1 aliphatic rings. The molecule has 3 nitrogen and oxygen atoms in total. The number of carbonyl (C=O) groups is 1. The second-order valence-electron chi connectivity index (χ2n) is 4.27. The molecule has 1 N–H and O–H groups in total. The molecular formula is C11H19F3N2OS. The number of halogens is 3. The molecule has 0 unspecified atom stereocenters. The molecule has 0 aromatic carbocycles. The van der Waals surface area contributed by atoms with Crippen LogP contribution in [0.3, 0.4) is 0 Å². The van der Waals surface area contributed by atoms with E-state index in [4.69, 9.17) is 0 Å². The molecule has 0 radical (unpaired) electrons. The smallest absolute Gasteiger partial charge is 0.342 e. The third-order valence-corrected chi connectivity index (χ3v) is 3.52. The first-order chi connectivity index (χ1) is 8.49. The van der Waals surface area contributed by atoms with Gasteiger partial charge in [-0.25, -0.2) is 0 Å². The van der Waals surface area contributed by atoms with Gasteiger partial charge in [0.05, 0.1) is 6.54 Å². The standard InChI is InChI=1S/C11H19F3N2OS/c12-11(13,14)18-8-5-15-9-10(17)16-6-3-1-2-4-7-16/h15H,1-9H2. The van der Waals surface area contributed by atoms with Gasteiger partial charge in [-0.15, -0.1) is 0 Å². The van der Waals surface area contributed by atoms with Gasteiger partial charge in [0, 0.05) is 25.4 Å². The molecule has 1 rings (SSSR count). The quantitative estimate of drug-likeness (QED) is 0.786. The highest BCUT2D eigenvalue weighted by Gasteiger charge is 2.27. The van der Waals surface area contributed by atoms with Crippen LogP contribution in [0.15, 0.2) is 0 Å². The largest absolute Gasteiger partial charge is 0.441 e. The Balaban J connectivity index is 2.09. The molecule has 1 heterocycles. The zero-order chi connectivity index (χ0) is 13.4. The van der Waals surface area contributed by atoms with Gasteiger partial charge >= 0.3 is 5.51 Å². The van der Waals surface area contributed by atoms with E-state index in [-0.39, 0.29) is 36.5 Å². The van der Waals surface area contributed by atoms with Crippen molar-refractivity contribution in [2.45, 2.75) is 31.2 Å². The minimum Gasteiger partial charge on any atom is -0.342 e. The third kappa shape index (κ3) is 7.10. The van der Waals surface area contributed by atoms with E-state index >= 15 is 0 Å². The molecule has 0 bridgehead atoms. The minimum atomic E-state index is -4.18. The lowest BCUT2D eigenvalue weighted by Gasteiger charge is -2.20. The predicted molar refractivity (Wildman–Crippen MR) is 66.4 cm³/mol. The topological polar surface area (TPSA) is 32.3 Å². The van der Waals surface area contributed by atoms with E-state index in [2.05, 4.69) is 5.32 Å². The molecule has 0 atom stereocenters. The summed E-state index contributed by atoms with van der Waals surface area (Å²) in [5.74, 6) is -0.0644. The van der Waals surface area contributed by atoms with Crippen LogP contribution in [0, 0.1) is 0 Å². The van der Waals surface area contributed by atoms with Gasteiger partial charge in [0.1, 0.15) is 0 Å². The number of alkyl halides is 3. The Kier molecular flexibility index (Phi) is 6.85. The number of carbonyl (C=O) groups excluding carboxylic acids is 1. The van der Waals surface area contributed by atoms with Crippen LogP contribution in [-0.4, -0.2) is 48.2 Å². The molecule has 0 aromatic rings. The summed E-state index contributed by atoms with van der Waals surface area (Å²) in [4.78, 5) is 13.5. The first-order valence-electron chi connectivity index (χ1n) is 6.18. The van der Waals surface area contributed by atoms with E-state index in [0.717, 1.165) is 38.8 Å². The molecule has 106 valence electrons. The predicted octanol–water partition coefficient (Wildman–Crippen LogP) is 2.23. The molecule has 0 spiro atoms. The molecule has 1 saturated heterocycles. The number of rotatable bonds is 5. The molecule has 1 aliphatic heterocycles. The van der Waals surface area contributed by atoms with Gasteiger partial charge < -0.3 is 10.2 Å². The number of likely N-dealkylation sites (tertiary alicyclic amines) is 1.